The Morgan fingerprint density at radius 2 is 1.90 bits per heavy atom. The van der Waals surface area contributed by atoms with E-state index in [9.17, 15) is 4.79 Å². The zero-order valence-electron chi connectivity index (χ0n) is 12.6. The van der Waals surface area contributed by atoms with E-state index in [0.29, 0.717) is 6.42 Å². The Labute approximate surface area is 127 Å². The van der Waals surface area contributed by atoms with Gasteiger partial charge in [-0.05, 0) is 5.56 Å². The fourth-order valence-electron chi connectivity index (χ4n) is 2.55. The molecule has 1 aromatic rings. The third-order valence-electron chi connectivity index (χ3n) is 3.78. The summed E-state index contributed by atoms with van der Waals surface area (Å²) in [6.07, 6.45) is 2.39. The van der Waals surface area contributed by atoms with Gasteiger partial charge in [0.05, 0.1) is 0 Å². The molecule has 1 aliphatic heterocycles. The Hall–Kier alpha value is -1.65. The molecule has 1 N–H and O–H groups in total. The third kappa shape index (κ3) is 5.33. The van der Waals surface area contributed by atoms with Crippen molar-refractivity contribution in [1.29, 1.82) is 0 Å². The molecule has 1 aromatic carbocycles. The van der Waals surface area contributed by atoms with Crippen molar-refractivity contribution in [2.45, 2.75) is 13.0 Å². The summed E-state index contributed by atoms with van der Waals surface area (Å²) in [6, 6.07) is 10.5. The van der Waals surface area contributed by atoms with Gasteiger partial charge >= 0.3 is 0 Å². The van der Waals surface area contributed by atoms with Gasteiger partial charge < -0.3 is 10.2 Å². The Morgan fingerprint density at radius 1 is 1.19 bits per heavy atom. The lowest BCUT2D eigenvalue weighted by Gasteiger charge is -2.34. The van der Waals surface area contributed by atoms with Gasteiger partial charge in [-0.2, -0.15) is 0 Å². The molecular formula is C17H25N3O. The third-order valence-corrected chi connectivity index (χ3v) is 3.78. The second kappa shape index (κ2) is 8.60. The van der Waals surface area contributed by atoms with Crippen molar-refractivity contribution in [3.05, 3.63) is 48.6 Å². The first kappa shape index (κ1) is 15.7. The Bertz CT molecular complexity index is 439. The molecule has 0 aliphatic carbocycles. The fourth-order valence-corrected chi connectivity index (χ4v) is 2.55. The molecule has 1 saturated heterocycles. The number of rotatable bonds is 7. The Morgan fingerprint density at radius 3 is 2.57 bits per heavy atom. The molecule has 0 spiro atoms. The number of carbonyl (C=O) groups excluding carboxylic acids is 1. The molecule has 21 heavy (non-hydrogen) atoms. The van der Waals surface area contributed by atoms with Crippen LogP contribution in [0.25, 0.3) is 0 Å². The first-order valence-electron chi connectivity index (χ1n) is 7.65. The fraction of sp³-hybridized carbons (Fsp3) is 0.471. The lowest BCUT2D eigenvalue weighted by Crippen LogP contribution is -2.48. The van der Waals surface area contributed by atoms with Crippen LogP contribution in [0.15, 0.2) is 43.0 Å². The van der Waals surface area contributed by atoms with Crippen molar-refractivity contribution in [2.75, 3.05) is 39.3 Å². The highest BCUT2D eigenvalue weighted by atomic mass is 16.2. The lowest BCUT2D eigenvalue weighted by atomic mass is 10.2. The van der Waals surface area contributed by atoms with Crippen LogP contribution in [0.3, 0.4) is 0 Å². The van der Waals surface area contributed by atoms with Crippen LogP contribution in [0.1, 0.15) is 12.0 Å². The van der Waals surface area contributed by atoms with Crippen molar-refractivity contribution in [3.8, 4) is 0 Å². The molecule has 0 atom stereocenters. The second-order valence-corrected chi connectivity index (χ2v) is 5.39. The van der Waals surface area contributed by atoms with Crippen LogP contribution >= 0.6 is 0 Å². The minimum absolute atomic E-state index is 0.255. The molecule has 0 radical (unpaired) electrons. The highest BCUT2D eigenvalue weighted by Crippen LogP contribution is 2.09. The highest BCUT2D eigenvalue weighted by Gasteiger charge is 2.20. The molecule has 2 rings (SSSR count). The molecule has 114 valence electrons. The average Bonchev–Trinajstić information content (AvgIpc) is 2.53. The first-order valence-corrected chi connectivity index (χ1v) is 7.65. The minimum Gasteiger partial charge on any atom is -0.340 e. The molecule has 1 fully saturated rings. The molecule has 0 aromatic heterocycles. The van der Waals surface area contributed by atoms with Crippen LogP contribution in [-0.2, 0) is 11.3 Å². The highest BCUT2D eigenvalue weighted by molar-refractivity contribution is 5.76. The second-order valence-electron chi connectivity index (χ2n) is 5.39. The predicted molar refractivity (Wildman–Crippen MR) is 86.0 cm³/mol. The maximum Gasteiger partial charge on any atom is 0.223 e. The van der Waals surface area contributed by atoms with E-state index >= 15 is 0 Å². The smallest absolute Gasteiger partial charge is 0.223 e. The zero-order valence-corrected chi connectivity index (χ0v) is 12.6. The van der Waals surface area contributed by atoms with Gasteiger partial charge in [0.15, 0.2) is 0 Å². The largest absolute Gasteiger partial charge is 0.340 e. The molecule has 1 amide bonds. The number of hydrogen-bond acceptors (Lipinski definition) is 3. The molecule has 0 saturated carbocycles. The van der Waals surface area contributed by atoms with E-state index in [-0.39, 0.29) is 5.91 Å². The predicted octanol–water partition coefficient (Wildman–Crippen LogP) is 1.50. The van der Waals surface area contributed by atoms with Crippen molar-refractivity contribution in [3.63, 3.8) is 0 Å². The average molecular weight is 287 g/mol. The van der Waals surface area contributed by atoms with Crippen molar-refractivity contribution in [1.82, 2.24) is 15.1 Å². The number of hydrogen-bond donors (Lipinski definition) is 1. The van der Waals surface area contributed by atoms with Crippen LogP contribution in [0.4, 0.5) is 0 Å². The molecule has 0 unspecified atom stereocenters. The monoisotopic (exact) mass is 287 g/mol. The molecule has 0 bridgehead atoms. The van der Waals surface area contributed by atoms with Crippen LogP contribution < -0.4 is 5.32 Å². The van der Waals surface area contributed by atoms with Gasteiger partial charge in [0, 0.05) is 52.2 Å². The van der Waals surface area contributed by atoms with Crippen LogP contribution in [0.2, 0.25) is 0 Å². The van der Waals surface area contributed by atoms with Gasteiger partial charge in [0.25, 0.3) is 0 Å². The number of piperazine rings is 1. The van der Waals surface area contributed by atoms with Gasteiger partial charge in [0.1, 0.15) is 0 Å². The molecule has 4 nitrogen and oxygen atoms in total. The number of benzene rings is 1. The standard InChI is InChI=1S/C17H25N3O/c1-2-9-18-10-8-17(21)20-13-11-19(12-14-20)15-16-6-4-3-5-7-16/h2-7,18H,1,8-15H2. The maximum absolute atomic E-state index is 12.1. The first-order chi connectivity index (χ1) is 10.3. The van der Waals surface area contributed by atoms with Crippen LogP contribution in [-0.4, -0.2) is 55.0 Å². The lowest BCUT2D eigenvalue weighted by molar-refractivity contribution is -0.132. The van der Waals surface area contributed by atoms with E-state index in [0.717, 1.165) is 45.8 Å². The van der Waals surface area contributed by atoms with Gasteiger partial charge in [-0.25, -0.2) is 0 Å². The van der Waals surface area contributed by atoms with Crippen LogP contribution in [0.5, 0.6) is 0 Å². The van der Waals surface area contributed by atoms with Crippen molar-refractivity contribution in [2.24, 2.45) is 0 Å². The number of amides is 1. The normalized spacial score (nSPS) is 15.9. The topological polar surface area (TPSA) is 35.6 Å². The van der Waals surface area contributed by atoms with E-state index in [2.05, 4.69) is 41.1 Å². The summed E-state index contributed by atoms with van der Waals surface area (Å²) in [5.41, 5.74) is 1.34. The number of carbonyl (C=O) groups is 1. The SMILES string of the molecule is C=CCNCCC(=O)N1CCN(Cc2ccccc2)CC1. The summed E-state index contributed by atoms with van der Waals surface area (Å²) in [7, 11) is 0. The molecule has 4 heteroatoms. The van der Waals surface area contributed by atoms with Gasteiger partial charge in [0.2, 0.25) is 5.91 Å². The summed E-state index contributed by atoms with van der Waals surface area (Å²) in [6.45, 7) is 9.71. The van der Waals surface area contributed by atoms with Gasteiger partial charge in [-0.15, -0.1) is 6.58 Å². The van der Waals surface area contributed by atoms with E-state index in [1.165, 1.54) is 5.56 Å². The van der Waals surface area contributed by atoms with Crippen molar-refractivity contribution >= 4 is 5.91 Å². The zero-order chi connectivity index (χ0) is 14.9. The maximum atomic E-state index is 12.1. The van der Waals surface area contributed by atoms with Gasteiger partial charge in [-0.1, -0.05) is 36.4 Å². The van der Waals surface area contributed by atoms with E-state index in [4.69, 9.17) is 0 Å². The van der Waals surface area contributed by atoms with E-state index < -0.39 is 0 Å². The van der Waals surface area contributed by atoms with Crippen molar-refractivity contribution < 1.29 is 4.79 Å². The van der Waals surface area contributed by atoms with E-state index in [1.54, 1.807) is 0 Å². The number of nitrogens with zero attached hydrogens (tertiary/aromatic N) is 2. The summed E-state index contributed by atoms with van der Waals surface area (Å²) < 4.78 is 0. The Balaban J connectivity index is 1.68. The quantitative estimate of drug-likeness (QED) is 0.610. The Kier molecular flexibility index (Phi) is 6.44. The molecule has 1 aliphatic rings. The van der Waals surface area contributed by atoms with Gasteiger partial charge in [-0.3, -0.25) is 9.69 Å². The molecule has 1 heterocycles. The van der Waals surface area contributed by atoms with Crippen LogP contribution in [0, 0.1) is 0 Å². The summed E-state index contributed by atoms with van der Waals surface area (Å²) >= 11 is 0. The molecular weight excluding hydrogens is 262 g/mol. The summed E-state index contributed by atoms with van der Waals surface area (Å²) in [4.78, 5) is 16.5. The van der Waals surface area contributed by atoms with E-state index in [1.807, 2.05) is 17.0 Å². The summed E-state index contributed by atoms with van der Waals surface area (Å²) in [5, 5.41) is 3.17. The number of nitrogens with one attached hydrogen (secondary N) is 1. The minimum atomic E-state index is 0.255. The summed E-state index contributed by atoms with van der Waals surface area (Å²) in [5.74, 6) is 0.255.